The quantitative estimate of drug-likeness (QED) is 0.0320. The SMILES string of the molecule is CCCCCCCCCCCCCCCC(=O)OCCCCCCCCCCC/C=C\C/C=C\CCCCCCCCCCCCCCCCCC(=O)NC(CO)C(O)CCCCCCCCCCCCCC. The molecule has 0 bridgehead atoms. The maximum absolute atomic E-state index is 12.5. The molecule has 0 aliphatic rings. The number of allylic oxidation sites excluding steroid dienone is 4. The van der Waals surface area contributed by atoms with E-state index in [1.807, 2.05) is 0 Å². The average molecular weight is 1030 g/mol. The third-order valence-corrected chi connectivity index (χ3v) is 15.5. The zero-order chi connectivity index (χ0) is 52.9. The van der Waals surface area contributed by atoms with Gasteiger partial charge >= 0.3 is 5.97 Å². The molecule has 0 saturated heterocycles. The van der Waals surface area contributed by atoms with Crippen LogP contribution in [-0.2, 0) is 14.3 Å². The van der Waals surface area contributed by atoms with Crippen molar-refractivity contribution < 1.29 is 24.5 Å². The number of hydrogen-bond donors (Lipinski definition) is 3. The number of aliphatic hydroxyl groups is 2. The highest BCUT2D eigenvalue weighted by molar-refractivity contribution is 5.76. The Kier molecular flexibility index (Phi) is 61.4. The molecule has 0 spiro atoms. The molecule has 2 unspecified atom stereocenters. The summed E-state index contributed by atoms with van der Waals surface area (Å²) in [5.41, 5.74) is 0. The highest BCUT2D eigenvalue weighted by Gasteiger charge is 2.20. The molecule has 0 fully saturated rings. The lowest BCUT2D eigenvalue weighted by atomic mass is 10.0. The fourth-order valence-corrected chi connectivity index (χ4v) is 10.4. The molecule has 73 heavy (non-hydrogen) atoms. The first-order valence-corrected chi connectivity index (χ1v) is 33.1. The van der Waals surface area contributed by atoms with Gasteiger partial charge in [0, 0.05) is 12.8 Å². The Balaban J connectivity index is 3.37. The molecule has 0 radical (unpaired) electrons. The number of carbonyl (C=O) groups is 2. The van der Waals surface area contributed by atoms with Gasteiger partial charge in [0.25, 0.3) is 0 Å². The minimum atomic E-state index is -0.662. The Morgan fingerprint density at radius 2 is 0.685 bits per heavy atom. The van der Waals surface area contributed by atoms with E-state index < -0.39 is 12.1 Å². The number of carbonyl (C=O) groups excluding carboxylic acids is 2. The van der Waals surface area contributed by atoms with Crippen molar-refractivity contribution in [2.75, 3.05) is 13.2 Å². The molecule has 0 aromatic carbocycles. The van der Waals surface area contributed by atoms with E-state index in [0.717, 1.165) is 44.9 Å². The van der Waals surface area contributed by atoms with E-state index in [1.54, 1.807) is 0 Å². The molecule has 1 amide bonds. The Morgan fingerprint density at radius 3 is 1.04 bits per heavy atom. The van der Waals surface area contributed by atoms with E-state index in [9.17, 15) is 19.8 Å². The van der Waals surface area contributed by atoms with E-state index in [4.69, 9.17) is 4.74 Å². The van der Waals surface area contributed by atoms with Gasteiger partial charge in [-0.15, -0.1) is 0 Å². The first-order chi connectivity index (χ1) is 36.0. The van der Waals surface area contributed by atoms with Crippen LogP contribution >= 0.6 is 0 Å². The lowest BCUT2D eigenvalue weighted by Crippen LogP contribution is -2.45. The topological polar surface area (TPSA) is 95.9 Å². The van der Waals surface area contributed by atoms with Gasteiger partial charge in [0.2, 0.25) is 5.91 Å². The maximum atomic E-state index is 12.5. The number of aliphatic hydroxyl groups excluding tert-OH is 2. The van der Waals surface area contributed by atoms with E-state index in [0.29, 0.717) is 25.9 Å². The van der Waals surface area contributed by atoms with Crippen LogP contribution in [0.1, 0.15) is 367 Å². The summed E-state index contributed by atoms with van der Waals surface area (Å²) in [6.45, 7) is 4.97. The van der Waals surface area contributed by atoms with Crippen molar-refractivity contribution in [2.45, 2.75) is 379 Å². The van der Waals surface area contributed by atoms with Gasteiger partial charge in [0.05, 0.1) is 25.4 Å². The zero-order valence-electron chi connectivity index (χ0n) is 49.4. The van der Waals surface area contributed by atoms with Crippen LogP contribution in [0.3, 0.4) is 0 Å². The van der Waals surface area contributed by atoms with Crippen molar-refractivity contribution in [3.63, 3.8) is 0 Å². The molecule has 0 heterocycles. The number of esters is 1. The van der Waals surface area contributed by atoms with Crippen LogP contribution in [0, 0.1) is 0 Å². The summed E-state index contributed by atoms with van der Waals surface area (Å²) >= 11 is 0. The van der Waals surface area contributed by atoms with Crippen molar-refractivity contribution in [2.24, 2.45) is 0 Å². The second-order valence-corrected chi connectivity index (χ2v) is 22.8. The summed E-state index contributed by atoms with van der Waals surface area (Å²) < 4.78 is 5.48. The normalized spacial score (nSPS) is 12.7. The number of unbranched alkanes of at least 4 members (excludes halogenated alkanes) is 47. The smallest absolute Gasteiger partial charge is 0.305 e. The van der Waals surface area contributed by atoms with Crippen LogP contribution in [0.25, 0.3) is 0 Å². The summed E-state index contributed by atoms with van der Waals surface area (Å²) in [4.78, 5) is 24.5. The van der Waals surface area contributed by atoms with Crippen molar-refractivity contribution in [1.29, 1.82) is 0 Å². The fourth-order valence-electron chi connectivity index (χ4n) is 10.4. The lowest BCUT2D eigenvalue weighted by Gasteiger charge is -2.22. The van der Waals surface area contributed by atoms with Crippen LogP contribution in [0.15, 0.2) is 24.3 Å². The van der Waals surface area contributed by atoms with Gasteiger partial charge in [0.1, 0.15) is 0 Å². The first kappa shape index (κ1) is 71.3. The third kappa shape index (κ3) is 59.4. The highest BCUT2D eigenvalue weighted by atomic mass is 16.5. The van der Waals surface area contributed by atoms with Crippen LogP contribution in [0.4, 0.5) is 0 Å². The number of nitrogens with one attached hydrogen (secondary N) is 1. The summed E-state index contributed by atoms with van der Waals surface area (Å²) in [7, 11) is 0. The lowest BCUT2D eigenvalue weighted by molar-refractivity contribution is -0.143. The van der Waals surface area contributed by atoms with Crippen LogP contribution in [-0.4, -0.2) is 47.4 Å². The standard InChI is InChI=1S/C67H129NO5/c1-3-5-7-9-11-13-15-36-41-45-49-53-57-61-67(72)73-62-58-54-50-46-42-38-35-33-31-29-27-25-23-21-19-17-18-20-22-24-26-28-30-32-34-37-40-44-48-52-56-60-66(71)68-64(63-69)65(70)59-55-51-47-43-39-16-14-12-10-8-6-4-2/h19,21,25,27,64-65,69-70H,3-18,20,22-24,26,28-63H2,1-2H3,(H,68,71)/b21-19-,27-25-. The second-order valence-electron chi connectivity index (χ2n) is 22.8. The molecule has 0 aliphatic heterocycles. The molecular weight excluding hydrogens is 899 g/mol. The van der Waals surface area contributed by atoms with E-state index in [-0.39, 0.29) is 18.5 Å². The van der Waals surface area contributed by atoms with Gasteiger partial charge in [-0.3, -0.25) is 9.59 Å². The van der Waals surface area contributed by atoms with Gasteiger partial charge < -0.3 is 20.3 Å². The molecule has 432 valence electrons. The molecule has 0 aliphatic carbocycles. The maximum Gasteiger partial charge on any atom is 0.305 e. The van der Waals surface area contributed by atoms with Gasteiger partial charge in [0.15, 0.2) is 0 Å². The van der Waals surface area contributed by atoms with Crippen LogP contribution in [0.2, 0.25) is 0 Å². The summed E-state index contributed by atoms with van der Waals surface area (Å²) in [6.07, 6.45) is 77.9. The molecule has 0 rings (SSSR count). The Morgan fingerprint density at radius 1 is 0.384 bits per heavy atom. The Bertz CT molecular complexity index is 1140. The molecule has 0 aromatic heterocycles. The van der Waals surface area contributed by atoms with Gasteiger partial charge in [-0.1, -0.05) is 321 Å². The molecule has 0 saturated carbocycles. The van der Waals surface area contributed by atoms with Crippen LogP contribution in [0.5, 0.6) is 0 Å². The average Bonchev–Trinajstić information content (AvgIpc) is 3.39. The minimum absolute atomic E-state index is 0.0151. The number of ether oxygens (including phenoxy) is 1. The highest BCUT2D eigenvalue weighted by Crippen LogP contribution is 2.18. The minimum Gasteiger partial charge on any atom is -0.466 e. The summed E-state index contributed by atoms with van der Waals surface area (Å²) in [6, 6.07) is -0.539. The first-order valence-electron chi connectivity index (χ1n) is 33.1. The third-order valence-electron chi connectivity index (χ3n) is 15.5. The molecule has 6 heteroatoms. The predicted molar refractivity (Wildman–Crippen MR) is 320 cm³/mol. The van der Waals surface area contributed by atoms with Crippen molar-refractivity contribution >= 4 is 11.9 Å². The van der Waals surface area contributed by atoms with E-state index >= 15 is 0 Å². The molecule has 0 aromatic rings. The van der Waals surface area contributed by atoms with Crippen molar-refractivity contribution in [3.05, 3.63) is 24.3 Å². The number of hydrogen-bond acceptors (Lipinski definition) is 5. The Hall–Kier alpha value is -1.66. The van der Waals surface area contributed by atoms with Crippen molar-refractivity contribution in [1.82, 2.24) is 5.32 Å². The predicted octanol–water partition coefficient (Wildman–Crippen LogP) is 21.0. The number of rotatable bonds is 62. The summed E-state index contributed by atoms with van der Waals surface area (Å²) in [5.74, 6) is -0.0182. The molecule has 3 N–H and O–H groups in total. The molecular formula is C67H129NO5. The molecule has 6 nitrogen and oxygen atoms in total. The second kappa shape index (κ2) is 62.9. The van der Waals surface area contributed by atoms with Gasteiger partial charge in [-0.25, -0.2) is 0 Å². The van der Waals surface area contributed by atoms with Crippen LogP contribution < -0.4 is 5.32 Å². The van der Waals surface area contributed by atoms with Crippen molar-refractivity contribution in [3.8, 4) is 0 Å². The van der Waals surface area contributed by atoms with Gasteiger partial charge in [-0.05, 0) is 57.8 Å². The van der Waals surface area contributed by atoms with E-state index in [2.05, 4.69) is 43.5 Å². The van der Waals surface area contributed by atoms with E-state index in [1.165, 1.54) is 289 Å². The van der Waals surface area contributed by atoms with Gasteiger partial charge in [-0.2, -0.15) is 0 Å². The summed E-state index contributed by atoms with van der Waals surface area (Å²) in [5, 5.41) is 23.2. The fraction of sp³-hybridized carbons (Fsp3) is 0.910. The Labute approximate surface area is 456 Å². The number of amides is 1. The molecule has 2 atom stereocenters. The monoisotopic (exact) mass is 1030 g/mol. The zero-order valence-corrected chi connectivity index (χ0v) is 49.4. The largest absolute Gasteiger partial charge is 0.466 e.